The molecule has 0 aromatic carbocycles. The highest BCUT2D eigenvalue weighted by Crippen LogP contribution is 2.38. The van der Waals surface area contributed by atoms with Crippen LogP contribution in [0, 0.1) is 5.92 Å². The van der Waals surface area contributed by atoms with Crippen LogP contribution >= 0.6 is 0 Å². The van der Waals surface area contributed by atoms with Gasteiger partial charge in [-0.05, 0) is 76.8 Å². The van der Waals surface area contributed by atoms with Gasteiger partial charge >= 0.3 is 11.9 Å². The molecule has 0 bridgehead atoms. The van der Waals surface area contributed by atoms with E-state index in [-0.39, 0.29) is 30.8 Å². The first-order valence-corrected chi connectivity index (χ1v) is 20.8. The van der Waals surface area contributed by atoms with E-state index in [1.807, 2.05) is 0 Å². The molecular formula is C41H79NO5. The molecule has 1 aliphatic rings. The van der Waals surface area contributed by atoms with E-state index < -0.39 is 0 Å². The van der Waals surface area contributed by atoms with E-state index in [0.717, 1.165) is 83.7 Å². The molecule has 1 aliphatic carbocycles. The van der Waals surface area contributed by atoms with E-state index in [2.05, 4.69) is 25.7 Å². The topological polar surface area (TPSA) is 76.1 Å². The van der Waals surface area contributed by atoms with Crippen LogP contribution < -0.4 is 0 Å². The van der Waals surface area contributed by atoms with Crippen LogP contribution in [0.2, 0.25) is 0 Å². The van der Waals surface area contributed by atoms with Crippen molar-refractivity contribution in [1.82, 2.24) is 4.90 Å². The standard InChI is InChI=1S/C41H79NO5/c1-4-7-10-13-17-22-28-38(29-23-18-14-11-8-5-2)46-40(44)31-26-33-42(34-35-43)32-25-20-15-19-24-30-41(45)47-39-36-37(39)27-21-16-12-9-6-3/h37-39,43H,4-36H2,1-3H3. The Morgan fingerprint density at radius 1 is 0.596 bits per heavy atom. The smallest absolute Gasteiger partial charge is 0.306 e. The van der Waals surface area contributed by atoms with Crippen LogP contribution in [0.1, 0.15) is 207 Å². The quantitative estimate of drug-likeness (QED) is 0.0530. The Morgan fingerprint density at radius 2 is 1.09 bits per heavy atom. The number of esters is 2. The monoisotopic (exact) mass is 666 g/mol. The van der Waals surface area contributed by atoms with Crippen molar-refractivity contribution in [3.05, 3.63) is 0 Å². The number of hydrogen-bond acceptors (Lipinski definition) is 6. The SMILES string of the molecule is CCCCCCCCC(CCCCCCCC)OC(=O)CCCN(CCO)CCCCCCCC(=O)OC1CC1CCCCCCC. The fraction of sp³-hybridized carbons (Fsp3) is 0.951. The zero-order valence-electron chi connectivity index (χ0n) is 31.6. The fourth-order valence-electron chi connectivity index (χ4n) is 6.78. The van der Waals surface area contributed by atoms with Crippen LogP contribution in [0.4, 0.5) is 0 Å². The molecule has 1 saturated carbocycles. The van der Waals surface area contributed by atoms with Crippen molar-refractivity contribution in [2.24, 2.45) is 5.92 Å². The second-order valence-electron chi connectivity index (χ2n) is 14.6. The van der Waals surface area contributed by atoms with Gasteiger partial charge in [0.25, 0.3) is 0 Å². The van der Waals surface area contributed by atoms with Crippen molar-refractivity contribution >= 4 is 11.9 Å². The van der Waals surface area contributed by atoms with Crippen LogP contribution in [0.25, 0.3) is 0 Å². The van der Waals surface area contributed by atoms with Gasteiger partial charge in [0.1, 0.15) is 12.2 Å². The number of unbranched alkanes of at least 4 members (excludes halogenated alkanes) is 18. The zero-order chi connectivity index (χ0) is 34.2. The largest absolute Gasteiger partial charge is 0.462 e. The molecule has 2 atom stereocenters. The first-order valence-electron chi connectivity index (χ1n) is 20.8. The van der Waals surface area contributed by atoms with E-state index in [4.69, 9.17) is 9.47 Å². The number of ether oxygens (including phenoxy) is 2. The average Bonchev–Trinajstić information content (AvgIpc) is 3.80. The first-order chi connectivity index (χ1) is 23.0. The molecule has 6 heteroatoms. The van der Waals surface area contributed by atoms with Gasteiger partial charge in [-0.3, -0.25) is 9.59 Å². The third-order valence-electron chi connectivity index (χ3n) is 10.0. The maximum atomic E-state index is 12.8. The van der Waals surface area contributed by atoms with Crippen LogP contribution in [-0.4, -0.2) is 60.4 Å². The number of carbonyl (C=O) groups excluding carboxylic acids is 2. The van der Waals surface area contributed by atoms with Gasteiger partial charge in [-0.15, -0.1) is 0 Å². The van der Waals surface area contributed by atoms with Crippen LogP contribution in [0.15, 0.2) is 0 Å². The molecule has 1 rings (SSSR count). The van der Waals surface area contributed by atoms with Gasteiger partial charge in [-0.2, -0.15) is 0 Å². The molecule has 0 aromatic rings. The van der Waals surface area contributed by atoms with Crippen LogP contribution in [0.5, 0.6) is 0 Å². The van der Waals surface area contributed by atoms with Crippen molar-refractivity contribution < 1.29 is 24.2 Å². The summed E-state index contributed by atoms with van der Waals surface area (Å²) in [4.78, 5) is 27.3. The Kier molecular flexibility index (Phi) is 30.0. The lowest BCUT2D eigenvalue weighted by molar-refractivity contribution is -0.150. The van der Waals surface area contributed by atoms with E-state index in [1.54, 1.807) is 0 Å². The Bertz CT molecular complexity index is 700. The first kappa shape index (κ1) is 43.9. The van der Waals surface area contributed by atoms with Crippen LogP contribution in [-0.2, 0) is 19.1 Å². The molecule has 0 spiro atoms. The molecule has 6 nitrogen and oxygen atoms in total. The van der Waals surface area contributed by atoms with Crippen molar-refractivity contribution in [3.63, 3.8) is 0 Å². The van der Waals surface area contributed by atoms with Gasteiger partial charge in [0.2, 0.25) is 0 Å². The highest BCUT2D eigenvalue weighted by Gasteiger charge is 2.39. The summed E-state index contributed by atoms with van der Waals surface area (Å²) in [6, 6.07) is 0. The van der Waals surface area contributed by atoms with Crippen molar-refractivity contribution in [3.8, 4) is 0 Å². The molecule has 0 aromatic heterocycles. The summed E-state index contributed by atoms with van der Waals surface area (Å²) < 4.78 is 11.7. The van der Waals surface area contributed by atoms with E-state index in [9.17, 15) is 14.7 Å². The molecule has 278 valence electrons. The van der Waals surface area contributed by atoms with Crippen molar-refractivity contribution in [2.75, 3.05) is 26.2 Å². The third-order valence-corrected chi connectivity index (χ3v) is 10.0. The molecule has 0 amide bonds. The highest BCUT2D eigenvalue weighted by atomic mass is 16.6. The highest BCUT2D eigenvalue weighted by molar-refractivity contribution is 5.70. The molecule has 0 radical (unpaired) electrons. The van der Waals surface area contributed by atoms with E-state index in [0.29, 0.717) is 25.3 Å². The summed E-state index contributed by atoms with van der Waals surface area (Å²) in [5.41, 5.74) is 0. The fourth-order valence-corrected chi connectivity index (χ4v) is 6.78. The van der Waals surface area contributed by atoms with Gasteiger partial charge in [-0.1, -0.05) is 136 Å². The summed E-state index contributed by atoms with van der Waals surface area (Å²) in [5.74, 6) is 0.566. The summed E-state index contributed by atoms with van der Waals surface area (Å²) in [6.45, 7) is 9.31. The maximum Gasteiger partial charge on any atom is 0.306 e. The zero-order valence-corrected chi connectivity index (χ0v) is 31.6. The Morgan fingerprint density at radius 3 is 1.68 bits per heavy atom. The molecule has 0 aliphatic heterocycles. The van der Waals surface area contributed by atoms with Gasteiger partial charge in [0, 0.05) is 19.4 Å². The second-order valence-corrected chi connectivity index (χ2v) is 14.6. The van der Waals surface area contributed by atoms with E-state index in [1.165, 1.54) is 103 Å². The molecule has 47 heavy (non-hydrogen) atoms. The minimum atomic E-state index is -0.0472. The molecule has 1 N–H and O–H groups in total. The van der Waals surface area contributed by atoms with Gasteiger partial charge in [-0.25, -0.2) is 0 Å². The minimum absolute atomic E-state index is 0.00716. The van der Waals surface area contributed by atoms with Crippen molar-refractivity contribution in [1.29, 1.82) is 0 Å². The molecule has 1 fully saturated rings. The summed E-state index contributed by atoms with van der Waals surface area (Å²) in [5, 5.41) is 9.57. The number of carbonyl (C=O) groups is 2. The Hall–Kier alpha value is -1.14. The van der Waals surface area contributed by atoms with Gasteiger partial charge in [0.15, 0.2) is 0 Å². The molecule has 2 unspecified atom stereocenters. The van der Waals surface area contributed by atoms with E-state index >= 15 is 0 Å². The maximum absolute atomic E-state index is 12.8. The average molecular weight is 666 g/mol. The lowest BCUT2D eigenvalue weighted by atomic mass is 10.0. The summed E-state index contributed by atoms with van der Waals surface area (Å²) in [7, 11) is 0. The number of nitrogens with zero attached hydrogens (tertiary/aromatic N) is 1. The summed E-state index contributed by atoms with van der Waals surface area (Å²) >= 11 is 0. The van der Waals surface area contributed by atoms with Gasteiger partial charge < -0.3 is 19.5 Å². The minimum Gasteiger partial charge on any atom is -0.462 e. The lowest BCUT2D eigenvalue weighted by Crippen LogP contribution is -2.29. The Labute approximate surface area is 291 Å². The predicted octanol–water partition coefficient (Wildman–Crippen LogP) is 11.1. The lowest BCUT2D eigenvalue weighted by Gasteiger charge is -2.22. The molecule has 0 saturated heterocycles. The molecule has 0 heterocycles. The molecular weight excluding hydrogens is 586 g/mol. The van der Waals surface area contributed by atoms with Crippen LogP contribution in [0.3, 0.4) is 0 Å². The Balaban J connectivity index is 2.16. The number of rotatable bonds is 36. The summed E-state index contributed by atoms with van der Waals surface area (Å²) in [6.07, 6.45) is 33.4. The number of hydrogen-bond donors (Lipinski definition) is 1. The second kappa shape index (κ2) is 32.1. The number of aliphatic hydroxyl groups is 1. The third kappa shape index (κ3) is 27.4. The van der Waals surface area contributed by atoms with Gasteiger partial charge in [0.05, 0.1) is 6.61 Å². The predicted molar refractivity (Wildman–Crippen MR) is 198 cm³/mol. The normalized spacial score (nSPS) is 15.9. The number of aliphatic hydroxyl groups excluding tert-OH is 1. The van der Waals surface area contributed by atoms with Crippen molar-refractivity contribution in [2.45, 2.75) is 219 Å².